The van der Waals surface area contributed by atoms with Crippen molar-refractivity contribution in [3.05, 3.63) is 54.3 Å². The lowest BCUT2D eigenvalue weighted by molar-refractivity contribution is 1.05. The van der Waals surface area contributed by atoms with E-state index >= 15 is 0 Å². The fraction of sp³-hybridized carbons (Fsp3) is 0.0909. The Morgan fingerprint density at radius 1 is 1.23 bits per heavy atom. The first kappa shape index (κ1) is 4.87. The van der Waals surface area contributed by atoms with Crippen LogP contribution in [0.15, 0.2) is 48.7 Å². The Morgan fingerprint density at radius 2 is 1.92 bits per heavy atom. The minimum atomic E-state index is -0.237. The SMILES string of the molecule is [2H]c1c([2H])c([2H])n(-c2ccccc2CCl)c1[2H]. The third kappa shape index (κ3) is 1.61. The first-order valence-corrected chi connectivity index (χ1v) is 4.40. The maximum atomic E-state index is 7.76. The molecule has 0 aliphatic carbocycles. The van der Waals surface area contributed by atoms with Gasteiger partial charge in [0.1, 0.15) is 0 Å². The van der Waals surface area contributed by atoms with Gasteiger partial charge in [0.25, 0.3) is 0 Å². The second kappa shape index (κ2) is 3.67. The number of hydrogen-bond donors (Lipinski definition) is 0. The maximum absolute atomic E-state index is 7.76. The average molecular weight is 196 g/mol. The molecule has 0 aliphatic heterocycles. The first-order valence-electron chi connectivity index (χ1n) is 5.87. The number of hydrogen-bond acceptors (Lipinski definition) is 0. The van der Waals surface area contributed by atoms with Crippen LogP contribution in [0, 0.1) is 0 Å². The largest absolute Gasteiger partial charge is 0.324 e. The van der Waals surface area contributed by atoms with Gasteiger partial charge in [-0.2, -0.15) is 0 Å². The van der Waals surface area contributed by atoms with Crippen molar-refractivity contribution in [3.8, 4) is 5.69 Å². The van der Waals surface area contributed by atoms with Crippen LogP contribution in [0.2, 0.25) is 0 Å². The van der Waals surface area contributed by atoms with Gasteiger partial charge in [0.2, 0.25) is 0 Å². The van der Waals surface area contributed by atoms with Crippen LogP contribution in [0.5, 0.6) is 0 Å². The monoisotopic (exact) mass is 195 g/mol. The van der Waals surface area contributed by atoms with Crippen LogP contribution in [-0.4, -0.2) is 4.57 Å². The Hall–Kier alpha value is -1.21. The van der Waals surface area contributed by atoms with Crippen LogP contribution in [0.4, 0.5) is 0 Å². The van der Waals surface area contributed by atoms with Crippen molar-refractivity contribution in [1.29, 1.82) is 0 Å². The fourth-order valence-electron chi connectivity index (χ4n) is 1.16. The molecule has 2 rings (SSSR count). The Balaban J connectivity index is 2.73. The molecule has 1 aromatic carbocycles. The highest BCUT2D eigenvalue weighted by Crippen LogP contribution is 2.16. The molecule has 2 heteroatoms. The zero-order chi connectivity index (χ0) is 12.6. The Bertz CT molecular complexity index is 539. The van der Waals surface area contributed by atoms with Gasteiger partial charge in [0.05, 0.1) is 5.48 Å². The molecule has 0 aliphatic rings. The van der Waals surface area contributed by atoms with Gasteiger partial charge >= 0.3 is 0 Å². The second-order valence-electron chi connectivity index (χ2n) is 2.57. The molecule has 0 bridgehead atoms. The molecule has 1 aromatic heterocycles. The quantitative estimate of drug-likeness (QED) is 0.649. The standard InChI is InChI=1S/C11H10ClN/c12-9-10-5-1-2-6-11(10)13-7-3-4-8-13/h1-8H,9H2/i3D,4D,7D,8D. The number of nitrogens with zero attached hydrogens (tertiary/aromatic N) is 1. The van der Waals surface area contributed by atoms with Gasteiger partial charge < -0.3 is 4.57 Å². The van der Waals surface area contributed by atoms with Crippen molar-refractivity contribution >= 4 is 11.6 Å². The molecule has 0 fully saturated rings. The van der Waals surface area contributed by atoms with Crippen LogP contribution in [0.3, 0.4) is 0 Å². The summed E-state index contributed by atoms with van der Waals surface area (Å²) in [6, 6.07) is 6.65. The van der Waals surface area contributed by atoms with E-state index in [1.807, 2.05) is 6.07 Å². The van der Waals surface area contributed by atoms with Crippen molar-refractivity contribution in [1.82, 2.24) is 4.57 Å². The highest BCUT2D eigenvalue weighted by molar-refractivity contribution is 6.17. The topological polar surface area (TPSA) is 4.93 Å². The number of halogens is 1. The molecule has 1 nitrogen and oxygen atoms in total. The minimum absolute atomic E-state index is 0.155. The van der Waals surface area contributed by atoms with Crippen molar-refractivity contribution in [2.75, 3.05) is 0 Å². The molecule has 2 aromatic rings. The van der Waals surface area contributed by atoms with Gasteiger partial charge in [-0.3, -0.25) is 0 Å². The van der Waals surface area contributed by atoms with E-state index in [2.05, 4.69) is 0 Å². The van der Waals surface area contributed by atoms with Crippen LogP contribution >= 0.6 is 11.6 Å². The Kier molecular flexibility index (Phi) is 1.37. The van der Waals surface area contributed by atoms with E-state index in [4.69, 9.17) is 17.1 Å². The number of para-hydroxylation sites is 1. The van der Waals surface area contributed by atoms with Crippen LogP contribution in [0.25, 0.3) is 5.69 Å². The van der Waals surface area contributed by atoms with Gasteiger partial charge in [-0.25, -0.2) is 0 Å². The Labute approximate surface area is 88.2 Å². The zero-order valence-corrected chi connectivity index (χ0v) is 7.60. The van der Waals surface area contributed by atoms with Crippen LogP contribution in [0.1, 0.15) is 11.0 Å². The summed E-state index contributed by atoms with van der Waals surface area (Å²) in [7, 11) is 0. The molecule has 0 radical (unpaired) electrons. The summed E-state index contributed by atoms with van der Waals surface area (Å²) in [6.07, 6.45) is -0.310. The molecule has 0 unspecified atom stereocenters. The lowest BCUT2D eigenvalue weighted by atomic mass is 10.2. The molecule has 0 atom stereocenters. The molecule has 66 valence electrons. The van der Waals surface area contributed by atoms with E-state index in [-0.39, 0.29) is 30.3 Å². The molecule has 1 heterocycles. The maximum Gasteiger partial charge on any atom is 0.0822 e. The third-order valence-electron chi connectivity index (χ3n) is 1.77. The predicted octanol–water partition coefficient (Wildman–Crippen LogP) is 3.22. The molecule has 0 saturated carbocycles. The third-order valence-corrected chi connectivity index (χ3v) is 2.06. The highest BCUT2D eigenvalue weighted by Gasteiger charge is 2.00. The summed E-state index contributed by atoms with van der Waals surface area (Å²) < 4.78 is 31.9. The summed E-state index contributed by atoms with van der Waals surface area (Å²) in [6.45, 7) is 0. The Morgan fingerprint density at radius 3 is 2.62 bits per heavy atom. The van der Waals surface area contributed by atoms with Gasteiger partial charge in [-0.1, -0.05) is 18.2 Å². The lowest BCUT2D eigenvalue weighted by Gasteiger charge is -2.07. The smallest absolute Gasteiger partial charge is 0.0822 e. The van der Waals surface area contributed by atoms with Crippen LogP contribution < -0.4 is 0 Å². The summed E-state index contributed by atoms with van der Waals surface area (Å²) in [5.41, 5.74) is 1.36. The zero-order valence-electron chi connectivity index (χ0n) is 10.8. The molecule has 0 spiro atoms. The molecule has 0 saturated heterocycles. The summed E-state index contributed by atoms with van der Waals surface area (Å²) >= 11 is 5.80. The van der Waals surface area contributed by atoms with Crippen molar-refractivity contribution in [3.63, 3.8) is 0 Å². The van der Waals surface area contributed by atoms with Crippen LogP contribution in [-0.2, 0) is 5.88 Å². The second-order valence-corrected chi connectivity index (χ2v) is 2.84. The van der Waals surface area contributed by atoms with E-state index < -0.39 is 0 Å². The van der Waals surface area contributed by atoms with E-state index in [1.54, 1.807) is 18.2 Å². The van der Waals surface area contributed by atoms with Gasteiger partial charge in [-0.05, 0) is 23.7 Å². The minimum Gasteiger partial charge on any atom is -0.324 e. The molecule has 0 amide bonds. The average Bonchev–Trinajstić information content (AvgIpc) is 2.54. The van der Waals surface area contributed by atoms with Crippen molar-refractivity contribution < 1.29 is 5.48 Å². The number of rotatable bonds is 2. The summed E-state index contributed by atoms with van der Waals surface area (Å²) in [4.78, 5) is 0. The van der Waals surface area contributed by atoms with Crippen molar-refractivity contribution in [2.24, 2.45) is 0 Å². The van der Waals surface area contributed by atoms with E-state index in [9.17, 15) is 0 Å². The van der Waals surface area contributed by atoms with Crippen molar-refractivity contribution in [2.45, 2.75) is 5.88 Å². The molecule has 13 heavy (non-hydrogen) atoms. The van der Waals surface area contributed by atoms with E-state index in [1.165, 1.54) is 4.57 Å². The summed E-state index contributed by atoms with van der Waals surface area (Å²) in [5, 5.41) is 0. The van der Waals surface area contributed by atoms with E-state index in [0.29, 0.717) is 5.69 Å². The fourth-order valence-corrected chi connectivity index (χ4v) is 1.38. The lowest BCUT2D eigenvalue weighted by Crippen LogP contribution is -1.94. The predicted molar refractivity (Wildman–Crippen MR) is 55.3 cm³/mol. The number of aromatic nitrogens is 1. The van der Waals surface area contributed by atoms with Gasteiger partial charge in [-0.15, -0.1) is 11.6 Å². The summed E-state index contributed by atoms with van der Waals surface area (Å²) in [5.74, 6) is 0.258. The highest BCUT2D eigenvalue weighted by atomic mass is 35.5. The molecule has 0 N–H and O–H groups in total. The normalized spacial score (nSPS) is 14.5. The number of benzene rings is 1. The molecular formula is C11H10ClN. The van der Waals surface area contributed by atoms with Gasteiger partial charge in [0.15, 0.2) is 0 Å². The molecular weight excluding hydrogens is 182 g/mol. The number of alkyl halides is 1. The van der Waals surface area contributed by atoms with E-state index in [0.717, 1.165) is 5.56 Å². The van der Waals surface area contributed by atoms with Gasteiger partial charge in [0, 0.05) is 23.9 Å². The first-order chi connectivity index (χ1) is 8.07.